The van der Waals surface area contributed by atoms with Crippen LogP contribution < -0.4 is 0 Å². The van der Waals surface area contributed by atoms with E-state index >= 15 is 0 Å². The lowest BCUT2D eigenvalue weighted by atomic mass is 10.1. The van der Waals surface area contributed by atoms with Crippen LogP contribution in [0.25, 0.3) is 0 Å². The minimum atomic E-state index is -0.797. The van der Waals surface area contributed by atoms with Gasteiger partial charge in [-0.25, -0.2) is 0 Å². The summed E-state index contributed by atoms with van der Waals surface area (Å²) in [6.07, 6.45) is 17.9. The van der Waals surface area contributed by atoms with Crippen LogP contribution in [0.15, 0.2) is 0 Å². The molecule has 0 fully saturated rings. The van der Waals surface area contributed by atoms with Gasteiger partial charge in [0.05, 0.1) is 12.7 Å². The maximum atomic E-state index is 5.56. The fourth-order valence-corrected chi connectivity index (χ4v) is 5.58. The van der Waals surface area contributed by atoms with Gasteiger partial charge in [-0.05, 0) is 26.0 Å². The molecule has 3 heteroatoms. The predicted octanol–water partition coefficient (Wildman–Crippen LogP) is 8.55. The topological polar surface area (TPSA) is 9.23 Å². The largest absolute Gasteiger partial charge is 0.378 e. The Morgan fingerprint density at radius 2 is 1.15 bits per heavy atom. The summed E-state index contributed by atoms with van der Waals surface area (Å²) in [6, 6.07) is 3.01. The first-order chi connectivity index (χ1) is 12.5. The van der Waals surface area contributed by atoms with Crippen LogP contribution in [0.4, 0.5) is 0 Å². The van der Waals surface area contributed by atoms with Crippen LogP contribution in [0.3, 0.4) is 0 Å². The molecule has 0 aliphatic rings. The lowest BCUT2D eigenvalue weighted by molar-refractivity contribution is 0.0920. The van der Waals surface area contributed by atoms with Crippen molar-refractivity contribution in [3.63, 3.8) is 0 Å². The van der Waals surface area contributed by atoms with E-state index in [9.17, 15) is 0 Å². The quantitative estimate of drug-likeness (QED) is 0.149. The smallest absolute Gasteiger partial charge is 0.0560 e. The summed E-state index contributed by atoms with van der Waals surface area (Å²) < 4.78 is 5.56. The molecule has 0 aromatic carbocycles. The Balaban J connectivity index is 3.07. The molecule has 0 unspecified atom stereocenters. The van der Waals surface area contributed by atoms with Crippen molar-refractivity contribution in [1.82, 2.24) is 0 Å². The van der Waals surface area contributed by atoms with Gasteiger partial charge in [-0.15, -0.1) is 0 Å². The average Bonchev–Trinajstić information content (AvgIpc) is 2.60. The van der Waals surface area contributed by atoms with Gasteiger partial charge in [0, 0.05) is 13.8 Å². The van der Waals surface area contributed by atoms with Gasteiger partial charge in [0.2, 0.25) is 0 Å². The molecule has 0 bridgehead atoms. The third-order valence-corrected chi connectivity index (χ3v) is 10.2. The van der Waals surface area contributed by atoms with Gasteiger partial charge in [-0.3, -0.25) is 0 Å². The van der Waals surface area contributed by atoms with E-state index in [0.29, 0.717) is 6.10 Å². The van der Waals surface area contributed by atoms with Crippen LogP contribution in [0.2, 0.25) is 25.2 Å². The Kier molecular flexibility index (Phi) is 19.3. The zero-order valence-corrected chi connectivity index (χ0v) is 20.7. The molecule has 0 radical (unpaired) electrons. The van der Waals surface area contributed by atoms with E-state index in [1.54, 1.807) is 6.04 Å². The number of rotatable bonds is 20. The maximum absolute atomic E-state index is 5.56. The Bertz CT molecular complexity index is 281. The van der Waals surface area contributed by atoms with Gasteiger partial charge in [0.1, 0.15) is 0 Å². The zero-order chi connectivity index (χ0) is 19.5. The van der Waals surface area contributed by atoms with E-state index in [4.69, 9.17) is 4.74 Å². The second-order valence-electron chi connectivity index (χ2n) is 9.04. The molecule has 0 saturated carbocycles. The summed E-state index contributed by atoms with van der Waals surface area (Å²) >= 11 is 2.06. The molecule has 0 aromatic heterocycles. The lowest BCUT2D eigenvalue weighted by Gasteiger charge is -2.19. The van der Waals surface area contributed by atoms with E-state index in [2.05, 4.69) is 45.6 Å². The van der Waals surface area contributed by atoms with Gasteiger partial charge in [-0.2, -0.15) is 11.8 Å². The van der Waals surface area contributed by atoms with E-state index in [1.165, 1.54) is 88.8 Å². The van der Waals surface area contributed by atoms with Crippen molar-refractivity contribution in [2.75, 3.05) is 18.1 Å². The Morgan fingerprint density at radius 1 is 0.692 bits per heavy atom. The highest BCUT2D eigenvalue weighted by molar-refractivity contribution is 7.99. The highest BCUT2D eigenvalue weighted by Crippen LogP contribution is 2.19. The fraction of sp³-hybridized carbons (Fsp3) is 1.00. The third kappa shape index (κ3) is 20.8. The monoisotopic (exact) mass is 402 g/mol. The number of thioether (sulfide) groups is 1. The summed E-state index contributed by atoms with van der Waals surface area (Å²) in [7, 11) is -0.797. The molecular formula is C23H50OSSi. The van der Waals surface area contributed by atoms with Crippen molar-refractivity contribution in [2.45, 2.75) is 129 Å². The molecule has 0 aromatic rings. The first kappa shape index (κ1) is 26.5. The van der Waals surface area contributed by atoms with Gasteiger partial charge in [0.15, 0.2) is 0 Å². The standard InChI is InChI=1S/C23H50OSSi/c1-6-26(4,5)22-18-16-14-12-10-8-7-9-11-13-15-17-20-25-21-19-24-23(2)3/h23H,6-22H2,1-5H3. The first-order valence-corrected chi connectivity index (χ1v) is 16.2. The van der Waals surface area contributed by atoms with E-state index in [0.717, 1.165) is 12.4 Å². The Hall–Kier alpha value is 0.527. The van der Waals surface area contributed by atoms with E-state index in [1.807, 2.05) is 0 Å². The molecular weight excluding hydrogens is 352 g/mol. The number of unbranched alkanes of at least 4 members (excludes halogenated alkanes) is 11. The molecule has 26 heavy (non-hydrogen) atoms. The van der Waals surface area contributed by atoms with Crippen molar-refractivity contribution < 1.29 is 4.74 Å². The summed E-state index contributed by atoms with van der Waals surface area (Å²) in [4.78, 5) is 0. The normalized spacial score (nSPS) is 12.2. The second-order valence-corrected chi connectivity index (χ2v) is 15.8. The minimum absolute atomic E-state index is 0.385. The lowest BCUT2D eigenvalue weighted by Crippen LogP contribution is -2.22. The van der Waals surface area contributed by atoms with Gasteiger partial charge < -0.3 is 4.74 Å². The van der Waals surface area contributed by atoms with Crippen LogP contribution in [-0.4, -0.2) is 32.3 Å². The Morgan fingerprint density at radius 3 is 1.62 bits per heavy atom. The third-order valence-electron chi connectivity index (χ3n) is 5.53. The van der Waals surface area contributed by atoms with Crippen LogP contribution >= 0.6 is 11.8 Å². The SMILES string of the molecule is CC[Si](C)(C)CCCCCCCCCCCCCCSCCOC(C)C. The molecule has 0 N–H and O–H groups in total. The maximum Gasteiger partial charge on any atom is 0.0560 e. The molecule has 158 valence electrons. The van der Waals surface area contributed by atoms with Crippen molar-refractivity contribution in [2.24, 2.45) is 0 Å². The predicted molar refractivity (Wildman–Crippen MR) is 127 cm³/mol. The van der Waals surface area contributed by atoms with Crippen molar-refractivity contribution in [3.05, 3.63) is 0 Å². The van der Waals surface area contributed by atoms with Gasteiger partial charge >= 0.3 is 0 Å². The number of hydrogen-bond donors (Lipinski definition) is 0. The number of ether oxygens (including phenoxy) is 1. The summed E-state index contributed by atoms with van der Waals surface area (Å²) in [5.74, 6) is 2.48. The van der Waals surface area contributed by atoms with Crippen LogP contribution in [-0.2, 0) is 4.74 Å². The van der Waals surface area contributed by atoms with E-state index in [-0.39, 0.29) is 0 Å². The fourth-order valence-electron chi connectivity index (χ4n) is 3.20. The molecule has 0 amide bonds. The molecule has 1 nitrogen and oxygen atoms in total. The molecule has 0 saturated heterocycles. The van der Waals surface area contributed by atoms with Crippen LogP contribution in [0.1, 0.15) is 97.8 Å². The average molecular weight is 403 g/mol. The Labute approximate surface area is 171 Å². The van der Waals surface area contributed by atoms with Crippen LogP contribution in [0, 0.1) is 0 Å². The van der Waals surface area contributed by atoms with Crippen molar-refractivity contribution >= 4 is 19.8 Å². The second kappa shape index (κ2) is 18.9. The summed E-state index contributed by atoms with van der Waals surface area (Å²) in [5.41, 5.74) is 0. The van der Waals surface area contributed by atoms with Crippen molar-refractivity contribution in [3.8, 4) is 0 Å². The summed E-state index contributed by atoms with van der Waals surface area (Å²) in [6.45, 7) is 12.6. The highest BCUT2D eigenvalue weighted by atomic mass is 32.2. The summed E-state index contributed by atoms with van der Waals surface area (Å²) in [5, 5.41) is 0. The minimum Gasteiger partial charge on any atom is -0.378 e. The van der Waals surface area contributed by atoms with Crippen LogP contribution in [0.5, 0.6) is 0 Å². The zero-order valence-electron chi connectivity index (χ0n) is 18.9. The molecule has 0 spiro atoms. The number of hydrogen-bond acceptors (Lipinski definition) is 2. The van der Waals surface area contributed by atoms with Gasteiger partial charge in [-0.1, -0.05) is 103 Å². The molecule has 0 atom stereocenters. The molecule has 0 rings (SSSR count). The molecule has 0 aliphatic heterocycles. The first-order valence-electron chi connectivity index (χ1n) is 11.7. The highest BCUT2D eigenvalue weighted by Gasteiger charge is 2.16. The molecule has 0 aliphatic carbocycles. The van der Waals surface area contributed by atoms with E-state index < -0.39 is 8.07 Å². The van der Waals surface area contributed by atoms with Crippen molar-refractivity contribution in [1.29, 1.82) is 0 Å². The molecule has 0 heterocycles. The van der Waals surface area contributed by atoms with Gasteiger partial charge in [0.25, 0.3) is 0 Å².